The molecule has 1 aromatic carbocycles. The van der Waals surface area contributed by atoms with Crippen LogP contribution in [0.4, 0.5) is 0 Å². The zero-order valence-electron chi connectivity index (χ0n) is 11.4. The lowest BCUT2D eigenvalue weighted by atomic mass is 9.82. The van der Waals surface area contributed by atoms with Crippen molar-refractivity contribution in [1.82, 2.24) is 9.97 Å². The number of nitrogens with one attached hydrogen (secondary N) is 1. The smallest absolute Gasteiger partial charge is 0.264 e. The molecule has 20 heavy (non-hydrogen) atoms. The highest BCUT2D eigenvalue weighted by Crippen LogP contribution is 2.34. The first-order valence-corrected chi connectivity index (χ1v) is 8.15. The largest absolute Gasteiger partial charge is 0.309 e. The van der Waals surface area contributed by atoms with Crippen molar-refractivity contribution < 1.29 is 0 Å². The quantitative estimate of drug-likeness (QED) is 0.812. The molecule has 0 aliphatic heterocycles. The van der Waals surface area contributed by atoms with Crippen LogP contribution in [0, 0.1) is 3.57 Å². The van der Waals surface area contributed by atoms with E-state index in [9.17, 15) is 4.79 Å². The summed E-state index contributed by atoms with van der Waals surface area (Å²) in [4.78, 5) is 19.8. The van der Waals surface area contributed by atoms with Gasteiger partial charge >= 0.3 is 0 Å². The number of nitrogens with zero attached hydrogens (tertiary/aromatic N) is 1. The van der Waals surface area contributed by atoms with Crippen molar-refractivity contribution in [2.75, 3.05) is 0 Å². The molecule has 1 unspecified atom stereocenters. The molecule has 1 aliphatic rings. The van der Waals surface area contributed by atoms with Gasteiger partial charge in [-0.05, 0) is 59.4 Å². The Labute approximate surface area is 132 Å². The molecular formula is C16H17IN2O. The Balaban J connectivity index is 2.11. The Hall–Kier alpha value is -1.17. The van der Waals surface area contributed by atoms with Gasteiger partial charge in [-0.25, -0.2) is 4.98 Å². The Bertz CT molecular complexity index is 693. The summed E-state index contributed by atoms with van der Waals surface area (Å²) in [5, 5.41) is 0. The minimum atomic E-state index is -0.00416. The highest BCUT2D eigenvalue weighted by molar-refractivity contribution is 14.1. The number of hydrogen-bond donors (Lipinski definition) is 1. The molecule has 0 fully saturated rings. The molecule has 1 aliphatic carbocycles. The summed E-state index contributed by atoms with van der Waals surface area (Å²) in [6.07, 6.45) is 4.13. The summed E-state index contributed by atoms with van der Waals surface area (Å²) in [6.45, 7) is 2.04. The van der Waals surface area contributed by atoms with E-state index in [0.717, 1.165) is 40.8 Å². The number of fused-ring (bicyclic) bond motifs is 1. The number of hydrogen-bond acceptors (Lipinski definition) is 2. The van der Waals surface area contributed by atoms with Crippen molar-refractivity contribution in [1.29, 1.82) is 0 Å². The van der Waals surface area contributed by atoms with Crippen molar-refractivity contribution in [3.8, 4) is 0 Å². The molecule has 0 saturated carbocycles. The summed E-state index contributed by atoms with van der Waals surface area (Å²) in [7, 11) is 0. The van der Waals surface area contributed by atoms with Gasteiger partial charge in [-0.3, -0.25) is 4.79 Å². The van der Waals surface area contributed by atoms with Crippen molar-refractivity contribution in [2.45, 2.75) is 38.5 Å². The summed E-state index contributed by atoms with van der Waals surface area (Å²) in [5.41, 5.74) is 3.62. The van der Waals surface area contributed by atoms with E-state index >= 15 is 0 Å². The molecule has 4 heteroatoms. The van der Waals surface area contributed by atoms with Gasteiger partial charge in [-0.15, -0.1) is 0 Å². The first-order chi connectivity index (χ1) is 9.70. The van der Waals surface area contributed by atoms with Crippen LogP contribution >= 0.6 is 22.6 Å². The second kappa shape index (κ2) is 5.68. The molecule has 1 N–H and O–H groups in total. The van der Waals surface area contributed by atoms with Crippen molar-refractivity contribution >= 4 is 22.6 Å². The van der Waals surface area contributed by atoms with E-state index in [1.54, 1.807) is 0 Å². The predicted molar refractivity (Wildman–Crippen MR) is 88.2 cm³/mol. The molecule has 1 aromatic heterocycles. The molecule has 0 bridgehead atoms. The number of H-pyrrole nitrogens is 1. The van der Waals surface area contributed by atoms with Gasteiger partial charge in [0.1, 0.15) is 5.82 Å². The Morgan fingerprint density at radius 2 is 2.20 bits per heavy atom. The first-order valence-electron chi connectivity index (χ1n) is 7.07. The number of aromatic nitrogens is 2. The number of aromatic amines is 1. The van der Waals surface area contributed by atoms with Crippen molar-refractivity contribution in [3.63, 3.8) is 0 Å². The van der Waals surface area contributed by atoms with Gasteiger partial charge in [0.25, 0.3) is 5.56 Å². The van der Waals surface area contributed by atoms with E-state index in [1.807, 2.05) is 6.92 Å². The fourth-order valence-electron chi connectivity index (χ4n) is 2.96. The van der Waals surface area contributed by atoms with Crippen molar-refractivity contribution in [3.05, 3.63) is 60.8 Å². The Morgan fingerprint density at radius 1 is 1.40 bits per heavy atom. The lowest BCUT2D eigenvalue weighted by molar-refractivity contribution is 0.585. The third kappa shape index (κ3) is 2.41. The molecule has 3 nitrogen and oxygen atoms in total. The molecular weight excluding hydrogens is 363 g/mol. The molecule has 0 spiro atoms. The lowest BCUT2D eigenvalue weighted by Crippen LogP contribution is -2.22. The minimum absolute atomic E-state index is 0.00416. The summed E-state index contributed by atoms with van der Waals surface area (Å²) >= 11 is 2.09. The summed E-state index contributed by atoms with van der Waals surface area (Å²) < 4.78 is 0.720. The first kappa shape index (κ1) is 13.8. The molecule has 2 aromatic rings. The van der Waals surface area contributed by atoms with E-state index in [-0.39, 0.29) is 11.5 Å². The maximum atomic E-state index is 12.1. The van der Waals surface area contributed by atoms with Gasteiger partial charge in [-0.2, -0.15) is 0 Å². The molecule has 1 heterocycles. The topological polar surface area (TPSA) is 45.8 Å². The third-order valence-electron chi connectivity index (χ3n) is 3.98. The van der Waals surface area contributed by atoms with Crippen LogP contribution in [0.15, 0.2) is 29.1 Å². The van der Waals surface area contributed by atoms with Gasteiger partial charge in [0, 0.05) is 5.92 Å². The molecule has 1 atom stereocenters. The van der Waals surface area contributed by atoms with E-state index in [4.69, 9.17) is 4.98 Å². The van der Waals surface area contributed by atoms with Crippen LogP contribution in [0.25, 0.3) is 0 Å². The molecule has 3 rings (SSSR count). The number of aryl methyl sites for hydroxylation is 2. The number of halogens is 1. The van der Waals surface area contributed by atoms with E-state index in [1.165, 1.54) is 11.1 Å². The molecule has 0 amide bonds. The highest BCUT2D eigenvalue weighted by atomic mass is 127. The molecule has 104 valence electrons. The van der Waals surface area contributed by atoms with Crippen LogP contribution < -0.4 is 5.56 Å². The van der Waals surface area contributed by atoms with Crippen LogP contribution in [-0.2, 0) is 12.8 Å². The fraction of sp³-hybridized carbons (Fsp3) is 0.375. The van der Waals surface area contributed by atoms with Crippen LogP contribution in [0.5, 0.6) is 0 Å². The maximum absolute atomic E-state index is 12.1. The van der Waals surface area contributed by atoms with Gasteiger partial charge < -0.3 is 4.98 Å². The zero-order valence-corrected chi connectivity index (χ0v) is 13.6. The SMILES string of the molecule is CCc1nc(C2CCCc3ccccc32)[nH]c(=O)c1I. The van der Waals surface area contributed by atoms with Crippen LogP contribution in [0.1, 0.15) is 48.3 Å². The van der Waals surface area contributed by atoms with E-state index < -0.39 is 0 Å². The van der Waals surface area contributed by atoms with E-state index in [2.05, 4.69) is 51.8 Å². The normalized spacial score (nSPS) is 17.8. The summed E-state index contributed by atoms with van der Waals surface area (Å²) in [6, 6.07) is 8.52. The molecule has 0 saturated heterocycles. The number of rotatable bonds is 2. The Kier molecular flexibility index (Phi) is 3.92. The van der Waals surface area contributed by atoms with Crippen LogP contribution in [-0.4, -0.2) is 9.97 Å². The number of benzene rings is 1. The second-order valence-corrected chi connectivity index (χ2v) is 6.29. The van der Waals surface area contributed by atoms with E-state index in [0.29, 0.717) is 0 Å². The summed E-state index contributed by atoms with van der Waals surface area (Å²) in [5.74, 6) is 1.06. The van der Waals surface area contributed by atoms with Crippen LogP contribution in [0.3, 0.4) is 0 Å². The standard InChI is InChI=1S/C16H17IN2O/c1-2-13-14(17)16(20)19-15(18-13)12-9-5-7-10-6-3-4-8-11(10)12/h3-4,6,8,12H,2,5,7,9H2,1H3,(H,18,19,20). The lowest BCUT2D eigenvalue weighted by Gasteiger charge is -2.25. The average molecular weight is 380 g/mol. The van der Waals surface area contributed by atoms with Crippen molar-refractivity contribution in [2.24, 2.45) is 0 Å². The van der Waals surface area contributed by atoms with Gasteiger partial charge in [0.2, 0.25) is 0 Å². The third-order valence-corrected chi connectivity index (χ3v) is 5.10. The molecule has 0 radical (unpaired) electrons. The fourth-order valence-corrected chi connectivity index (χ4v) is 3.60. The maximum Gasteiger partial charge on any atom is 0.264 e. The van der Waals surface area contributed by atoms with Gasteiger partial charge in [0.05, 0.1) is 9.26 Å². The average Bonchev–Trinajstić information content (AvgIpc) is 2.49. The van der Waals surface area contributed by atoms with Gasteiger partial charge in [0.15, 0.2) is 0 Å². The second-order valence-electron chi connectivity index (χ2n) is 5.21. The zero-order chi connectivity index (χ0) is 14.1. The van der Waals surface area contributed by atoms with Crippen LogP contribution in [0.2, 0.25) is 0 Å². The Morgan fingerprint density at radius 3 is 3.00 bits per heavy atom. The predicted octanol–water partition coefficient (Wildman–Crippen LogP) is 3.41. The monoisotopic (exact) mass is 380 g/mol. The highest BCUT2D eigenvalue weighted by Gasteiger charge is 2.24. The van der Waals surface area contributed by atoms with Gasteiger partial charge in [-0.1, -0.05) is 31.2 Å². The minimum Gasteiger partial charge on any atom is -0.309 e.